The minimum atomic E-state index is -0.413. The van der Waals surface area contributed by atoms with E-state index in [0.717, 1.165) is 16.8 Å². The zero-order valence-corrected chi connectivity index (χ0v) is 12.8. The smallest absolute Gasteiger partial charge is 0.399 e. The molecule has 2 fully saturated rings. The van der Waals surface area contributed by atoms with Crippen molar-refractivity contribution in [2.24, 2.45) is 0 Å². The predicted octanol–water partition coefficient (Wildman–Crippen LogP) is 2.23. The standard InChI is InChI=1S/C15H23BN2O2/c1-14(2)15(3,4)20-16(19-14)12-11(17)8-9-18-13(12)10-6-5-7-10/h8-10H,5-7H2,1-4H3,(H2,17,18). The summed E-state index contributed by atoms with van der Waals surface area (Å²) in [6.07, 6.45) is 5.42. The third kappa shape index (κ3) is 2.04. The summed E-state index contributed by atoms with van der Waals surface area (Å²) in [4.78, 5) is 4.56. The van der Waals surface area contributed by atoms with Crippen LogP contribution >= 0.6 is 0 Å². The normalized spacial score (nSPS) is 24.7. The van der Waals surface area contributed by atoms with E-state index in [0.29, 0.717) is 5.92 Å². The van der Waals surface area contributed by atoms with Crippen LogP contribution in [-0.2, 0) is 9.31 Å². The van der Waals surface area contributed by atoms with Crippen molar-refractivity contribution in [2.75, 3.05) is 5.73 Å². The first-order valence-corrected chi connectivity index (χ1v) is 7.42. The molecule has 4 nitrogen and oxygen atoms in total. The van der Waals surface area contributed by atoms with Crippen LogP contribution in [0.15, 0.2) is 12.3 Å². The lowest BCUT2D eigenvalue weighted by atomic mass is 9.70. The molecule has 0 atom stereocenters. The molecule has 1 saturated carbocycles. The molecular weight excluding hydrogens is 251 g/mol. The molecule has 3 rings (SSSR count). The van der Waals surface area contributed by atoms with Gasteiger partial charge in [-0.3, -0.25) is 4.98 Å². The Labute approximate surface area is 121 Å². The number of hydrogen-bond acceptors (Lipinski definition) is 4. The minimum absolute atomic E-state index is 0.350. The van der Waals surface area contributed by atoms with Gasteiger partial charge in [0, 0.05) is 29.0 Å². The van der Waals surface area contributed by atoms with Crippen LogP contribution < -0.4 is 11.2 Å². The first-order chi connectivity index (χ1) is 9.32. The van der Waals surface area contributed by atoms with Gasteiger partial charge >= 0.3 is 7.12 Å². The van der Waals surface area contributed by atoms with Crippen molar-refractivity contribution in [3.05, 3.63) is 18.0 Å². The Morgan fingerprint density at radius 1 is 1.20 bits per heavy atom. The predicted molar refractivity (Wildman–Crippen MR) is 81.0 cm³/mol. The lowest BCUT2D eigenvalue weighted by Crippen LogP contribution is -2.41. The van der Waals surface area contributed by atoms with Crippen LogP contribution in [0, 0.1) is 0 Å². The van der Waals surface area contributed by atoms with E-state index in [1.54, 1.807) is 6.20 Å². The molecule has 1 aliphatic heterocycles. The quantitative estimate of drug-likeness (QED) is 0.840. The van der Waals surface area contributed by atoms with Crippen LogP contribution in [0.1, 0.15) is 58.6 Å². The van der Waals surface area contributed by atoms with Crippen molar-refractivity contribution in [3.63, 3.8) is 0 Å². The fourth-order valence-corrected chi connectivity index (χ4v) is 2.73. The molecule has 108 valence electrons. The van der Waals surface area contributed by atoms with Crippen molar-refractivity contribution in [2.45, 2.75) is 64.1 Å². The molecule has 1 saturated heterocycles. The highest BCUT2D eigenvalue weighted by Crippen LogP contribution is 2.39. The Morgan fingerprint density at radius 2 is 1.80 bits per heavy atom. The van der Waals surface area contributed by atoms with E-state index in [4.69, 9.17) is 15.0 Å². The van der Waals surface area contributed by atoms with Crippen molar-refractivity contribution >= 4 is 18.3 Å². The van der Waals surface area contributed by atoms with Gasteiger partial charge in [-0.15, -0.1) is 0 Å². The number of rotatable bonds is 2. The zero-order valence-electron chi connectivity index (χ0n) is 12.8. The third-order valence-electron chi connectivity index (χ3n) is 5.04. The number of nitrogens with two attached hydrogens (primary N) is 1. The van der Waals surface area contributed by atoms with Crippen LogP contribution in [0.2, 0.25) is 0 Å². The third-order valence-corrected chi connectivity index (χ3v) is 5.04. The summed E-state index contributed by atoms with van der Waals surface area (Å²) >= 11 is 0. The van der Waals surface area contributed by atoms with Crippen LogP contribution in [-0.4, -0.2) is 23.3 Å². The molecule has 20 heavy (non-hydrogen) atoms. The van der Waals surface area contributed by atoms with Crippen molar-refractivity contribution < 1.29 is 9.31 Å². The molecule has 0 bridgehead atoms. The Balaban J connectivity index is 1.99. The van der Waals surface area contributed by atoms with Gasteiger partial charge in [0.25, 0.3) is 0 Å². The topological polar surface area (TPSA) is 57.4 Å². The van der Waals surface area contributed by atoms with Crippen molar-refractivity contribution in [3.8, 4) is 0 Å². The summed E-state index contributed by atoms with van der Waals surface area (Å²) in [6, 6.07) is 1.84. The highest BCUT2D eigenvalue weighted by Gasteiger charge is 2.53. The van der Waals surface area contributed by atoms with Crippen molar-refractivity contribution in [1.82, 2.24) is 4.98 Å². The molecule has 2 heterocycles. The average Bonchev–Trinajstić information content (AvgIpc) is 2.45. The summed E-state index contributed by atoms with van der Waals surface area (Å²) in [5, 5.41) is 0. The van der Waals surface area contributed by atoms with Gasteiger partial charge in [0.05, 0.1) is 11.2 Å². The molecule has 0 radical (unpaired) electrons. The van der Waals surface area contributed by atoms with Gasteiger partial charge < -0.3 is 15.0 Å². The minimum Gasteiger partial charge on any atom is -0.399 e. The van der Waals surface area contributed by atoms with E-state index in [9.17, 15) is 0 Å². The van der Waals surface area contributed by atoms with E-state index in [2.05, 4.69) is 32.7 Å². The second kappa shape index (κ2) is 4.47. The Morgan fingerprint density at radius 3 is 2.30 bits per heavy atom. The molecular formula is C15H23BN2O2. The van der Waals surface area contributed by atoms with Crippen LogP contribution in [0.3, 0.4) is 0 Å². The van der Waals surface area contributed by atoms with Gasteiger partial charge in [-0.2, -0.15) is 0 Å². The largest absolute Gasteiger partial charge is 0.498 e. The summed E-state index contributed by atoms with van der Waals surface area (Å²) in [5.41, 5.74) is 8.22. The maximum Gasteiger partial charge on any atom is 0.498 e. The van der Waals surface area contributed by atoms with E-state index in [1.807, 2.05) is 6.07 Å². The average molecular weight is 274 g/mol. The van der Waals surface area contributed by atoms with Gasteiger partial charge in [-0.1, -0.05) is 6.42 Å². The number of hydrogen-bond donors (Lipinski definition) is 1. The van der Waals surface area contributed by atoms with Crippen molar-refractivity contribution in [1.29, 1.82) is 0 Å². The van der Waals surface area contributed by atoms with Crippen LogP contribution in [0.4, 0.5) is 5.69 Å². The second-order valence-electron chi connectivity index (χ2n) is 6.92. The highest BCUT2D eigenvalue weighted by molar-refractivity contribution is 6.64. The second-order valence-corrected chi connectivity index (χ2v) is 6.92. The molecule has 0 spiro atoms. The number of pyridine rings is 1. The number of nitrogen functional groups attached to an aromatic ring is 1. The Kier molecular flexibility index (Phi) is 3.10. The van der Waals surface area contributed by atoms with E-state index in [-0.39, 0.29) is 11.2 Å². The first-order valence-electron chi connectivity index (χ1n) is 7.42. The molecule has 2 N–H and O–H groups in total. The fourth-order valence-electron chi connectivity index (χ4n) is 2.73. The maximum atomic E-state index is 6.19. The molecule has 0 amide bonds. The van der Waals surface area contributed by atoms with Gasteiger partial charge in [-0.05, 0) is 46.6 Å². The molecule has 0 unspecified atom stereocenters. The lowest BCUT2D eigenvalue weighted by Gasteiger charge is -2.32. The fraction of sp³-hybridized carbons (Fsp3) is 0.667. The molecule has 5 heteroatoms. The van der Waals surface area contributed by atoms with E-state index < -0.39 is 7.12 Å². The zero-order chi connectivity index (χ0) is 14.5. The van der Waals surface area contributed by atoms with Gasteiger partial charge in [0.1, 0.15) is 0 Å². The number of nitrogens with zero attached hydrogens (tertiary/aromatic N) is 1. The molecule has 0 aromatic carbocycles. The number of aromatic nitrogens is 1. The Hall–Kier alpha value is -1.07. The van der Waals surface area contributed by atoms with Crippen LogP contribution in [0.25, 0.3) is 0 Å². The molecule has 2 aliphatic rings. The van der Waals surface area contributed by atoms with E-state index >= 15 is 0 Å². The summed E-state index contributed by atoms with van der Waals surface area (Å²) < 4.78 is 12.3. The van der Waals surface area contributed by atoms with Gasteiger partial charge in [-0.25, -0.2) is 0 Å². The summed E-state index contributed by atoms with van der Waals surface area (Å²) in [6.45, 7) is 8.23. The van der Waals surface area contributed by atoms with Gasteiger partial charge in [0.2, 0.25) is 0 Å². The van der Waals surface area contributed by atoms with Gasteiger partial charge in [0.15, 0.2) is 0 Å². The molecule has 1 aliphatic carbocycles. The summed E-state index contributed by atoms with van der Waals surface area (Å²) in [7, 11) is -0.413. The monoisotopic (exact) mass is 274 g/mol. The number of anilines is 1. The molecule has 1 aromatic rings. The molecule has 1 aromatic heterocycles. The lowest BCUT2D eigenvalue weighted by molar-refractivity contribution is 0.00578. The SMILES string of the molecule is CC1(C)OB(c2c(N)ccnc2C2CCC2)OC1(C)C. The highest BCUT2D eigenvalue weighted by atomic mass is 16.7. The maximum absolute atomic E-state index is 6.19. The summed E-state index contributed by atoms with van der Waals surface area (Å²) in [5.74, 6) is 0.507. The first kappa shape index (κ1) is 13.9. The van der Waals surface area contributed by atoms with E-state index in [1.165, 1.54) is 19.3 Å². The van der Waals surface area contributed by atoms with Crippen LogP contribution in [0.5, 0.6) is 0 Å². The Bertz CT molecular complexity index is 511.